The van der Waals surface area contributed by atoms with Crippen molar-refractivity contribution in [3.8, 4) is 17.2 Å². The lowest BCUT2D eigenvalue weighted by molar-refractivity contribution is 0.0826. The molecule has 0 radical (unpaired) electrons. The first-order chi connectivity index (χ1) is 20.1. The van der Waals surface area contributed by atoms with Crippen molar-refractivity contribution in [2.45, 2.75) is 19.9 Å². The molecule has 42 heavy (non-hydrogen) atoms. The van der Waals surface area contributed by atoms with Crippen molar-refractivity contribution in [2.75, 3.05) is 14.1 Å². The summed E-state index contributed by atoms with van der Waals surface area (Å²) in [5, 5.41) is 4.14. The highest BCUT2D eigenvalue weighted by Crippen LogP contribution is 2.30. The van der Waals surface area contributed by atoms with Gasteiger partial charge in [0.25, 0.3) is 11.5 Å². The molecule has 0 spiro atoms. The Hall–Kier alpha value is -5.39. The van der Waals surface area contributed by atoms with Gasteiger partial charge in [0.15, 0.2) is 23.1 Å². The average Bonchev–Trinajstić information content (AvgIpc) is 3.44. The van der Waals surface area contributed by atoms with Crippen LogP contribution >= 0.6 is 0 Å². The number of nitrogens with zero attached hydrogens (tertiary/aromatic N) is 5. The Bertz CT molecular complexity index is 1960. The van der Waals surface area contributed by atoms with Gasteiger partial charge >= 0.3 is 5.69 Å². The third-order valence-corrected chi connectivity index (χ3v) is 6.59. The van der Waals surface area contributed by atoms with E-state index in [0.29, 0.717) is 5.52 Å². The van der Waals surface area contributed by atoms with Gasteiger partial charge in [0.1, 0.15) is 16.9 Å². The Morgan fingerprint density at radius 1 is 0.952 bits per heavy atom. The summed E-state index contributed by atoms with van der Waals surface area (Å²) in [7, 11) is 3.20. The Kier molecular flexibility index (Phi) is 7.53. The van der Waals surface area contributed by atoms with Crippen LogP contribution in [0.3, 0.4) is 0 Å². The summed E-state index contributed by atoms with van der Waals surface area (Å²) < 4.78 is 37.9. The largest absolute Gasteiger partial charge is 0.452 e. The maximum atomic E-state index is 15.2. The normalized spacial score (nSPS) is 11.1. The van der Waals surface area contributed by atoms with Gasteiger partial charge in [0, 0.05) is 39.5 Å². The quantitative estimate of drug-likeness (QED) is 0.261. The summed E-state index contributed by atoms with van der Waals surface area (Å²) in [6, 6.07) is 11.8. The van der Waals surface area contributed by atoms with Gasteiger partial charge in [0.2, 0.25) is 0 Å². The van der Waals surface area contributed by atoms with Gasteiger partial charge in [-0.2, -0.15) is 5.10 Å². The summed E-state index contributed by atoms with van der Waals surface area (Å²) in [5.41, 5.74) is -0.647. The first-order valence-electron chi connectivity index (χ1n) is 12.9. The number of hydrogen-bond acceptors (Lipinski definition) is 6. The van der Waals surface area contributed by atoms with Gasteiger partial charge in [-0.1, -0.05) is 6.07 Å². The van der Waals surface area contributed by atoms with Crippen molar-refractivity contribution < 1.29 is 23.1 Å². The number of fused-ring (bicyclic) bond motifs is 1. The topological polar surface area (TPSA) is 108 Å². The molecule has 3 aromatic heterocycles. The summed E-state index contributed by atoms with van der Waals surface area (Å²) in [6.45, 7) is 1.85. The molecule has 0 aliphatic carbocycles. The molecule has 10 nitrogen and oxygen atoms in total. The Balaban J connectivity index is 1.44. The number of hydrogen-bond donors (Lipinski definition) is 0. The molecule has 0 saturated heterocycles. The fourth-order valence-corrected chi connectivity index (χ4v) is 4.43. The summed E-state index contributed by atoms with van der Waals surface area (Å²) >= 11 is 0. The molecule has 0 aliphatic rings. The zero-order valence-electron chi connectivity index (χ0n) is 22.9. The molecule has 0 unspecified atom stereocenters. The number of carbonyl (C=O) groups excluding carboxylic acids is 2. The summed E-state index contributed by atoms with van der Waals surface area (Å²) in [4.78, 5) is 53.2. The lowest BCUT2D eigenvalue weighted by atomic mass is 10.0. The van der Waals surface area contributed by atoms with Crippen LogP contribution in [-0.2, 0) is 13.0 Å². The molecule has 0 N–H and O–H groups in total. The Labute approximate surface area is 237 Å². The van der Waals surface area contributed by atoms with Crippen molar-refractivity contribution >= 4 is 17.2 Å². The Morgan fingerprint density at radius 2 is 1.69 bits per heavy atom. The van der Waals surface area contributed by atoms with Gasteiger partial charge in [-0.15, -0.1) is 0 Å². The molecule has 12 heteroatoms. The molecular formula is C30H25F2N5O5. The van der Waals surface area contributed by atoms with Crippen LogP contribution < -0.4 is 16.0 Å². The van der Waals surface area contributed by atoms with Gasteiger partial charge in [-0.05, 0) is 61.0 Å². The minimum Gasteiger partial charge on any atom is -0.452 e. The predicted molar refractivity (Wildman–Crippen MR) is 150 cm³/mol. The molecule has 0 saturated carbocycles. The fraction of sp³-hybridized carbons (Fsp3) is 0.167. The molecule has 3 heterocycles. The van der Waals surface area contributed by atoms with Crippen molar-refractivity contribution in [3.63, 3.8) is 0 Å². The molecule has 5 rings (SSSR count). The van der Waals surface area contributed by atoms with Crippen LogP contribution in [0.2, 0.25) is 0 Å². The van der Waals surface area contributed by atoms with Crippen LogP contribution in [0.1, 0.15) is 33.2 Å². The third kappa shape index (κ3) is 5.33. The number of carbonyl (C=O) groups is 2. The monoisotopic (exact) mass is 573 g/mol. The van der Waals surface area contributed by atoms with Gasteiger partial charge < -0.3 is 9.64 Å². The summed E-state index contributed by atoms with van der Waals surface area (Å²) in [6.07, 6.45) is 3.90. The lowest BCUT2D eigenvalue weighted by Gasteiger charge is -2.14. The van der Waals surface area contributed by atoms with E-state index >= 15 is 4.39 Å². The van der Waals surface area contributed by atoms with E-state index in [-0.39, 0.29) is 52.7 Å². The maximum absolute atomic E-state index is 15.2. The van der Waals surface area contributed by atoms with E-state index in [1.807, 2.05) is 0 Å². The second-order valence-corrected chi connectivity index (χ2v) is 9.65. The number of ether oxygens (including phenoxy) is 1. The van der Waals surface area contributed by atoms with Gasteiger partial charge in [-0.25, -0.2) is 22.7 Å². The van der Waals surface area contributed by atoms with Crippen LogP contribution in [0.15, 0.2) is 82.8 Å². The maximum Gasteiger partial charge on any atom is 0.335 e. The molecule has 0 aliphatic heterocycles. The van der Waals surface area contributed by atoms with E-state index in [4.69, 9.17) is 4.74 Å². The number of aromatic nitrogens is 4. The predicted octanol–water partition coefficient (Wildman–Crippen LogP) is 3.86. The second kappa shape index (κ2) is 11.2. The van der Waals surface area contributed by atoms with Gasteiger partial charge in [0.05, 0.1) is 17.4 Å². The van der Waals surface area contributed by atoms with E-state index in [1.165, 1.54) is 56.7 Å². The third-order valence-electron chi connectivity index (χ3n) is 6.59. The van der Waals surface area contributed by atoms with Crippen LogP contribution in [-0.4, -0.2) is 49.4 Å². The number of benzene rings is 2. The Morgan fingerprint density at radius 3 is 2.36 bits per heavy atom. The SMILES string of the molecule is CCn1cc(C(=O)Cc2ccc(Oc3cc(C(=O)N(C)C)cn4nccc34)c(F)c2)c(=O)n(-c2ccc(F)cc2)c1=O. The molecule has 0 fully saturated rings. The van der Waals surface area contributed by atoms with Crippen molar-refractivity contribution in [1.29, 1.82) is 0 Å². The van der Waals surface area contributed by atoms with E-state index in [0.717, 1.165) is 22.8 Å². The van der Waals surface area contributed by atoms with Crippen LogP contribution in [0.5, 0.6) is 11.5 Å². The minimum absolute atomic E-state index is 0.111. The number of Topliss-reactive ketones (excluding diaryl/α,β-unsaturated/α-hetero) is 1. The number of aryl methyl sites for hydroxylation is 1. The molecule has 2 aromatic carbocycles. The molecular weight excluding hydrogens is 548 g/mol. The summed E-state index contributed by atoms with van der Waals surface area (Å²) in [5.74, 6) is -2.20. The van der Waals surface area contributed by atoms with Crippen LogP contribution in [0.25, 0.3) is 11.2 Å². The number of halogens is 2. The highest BCUT2D eigenvalue weighted by Gasteiger charge is 2.20. The number of amides is 1. The van der Waals surface area contributed by atoms with E-state index < -0.39 is 28.7 Å². The number of rotatable bonds is 8. The first kappa shape index (κ1) is 28.1. The number of pyridine rings is 1. The lowest BCUT2D eigenvalue weighted by Crippen LogP contribution is -2.41. The zero-order chi connectivity index (χ0) is 30.1. The zero-order valence-corrected chi connectivity index (χ0v) is 22.9. The van der Waals surface area contributed by atoms with Crippen LogP contribution in [0, 0.1) is 11.6 Å². The van der Waals surface area contributed by atoms with E-state index in [9.17, 15) is 23.6 Å². The average molecular weight is 574 g/mol. The standard InChI is InChI=1S/C30H25F2N5O5/c1-4-35-17-22(29(40)37(30(35)41)21-8-6-20(31)7-9-21)25(38)14-18-5-10-26(23(32)13-18)42-27-15-19(28(39)34(2)3)16-36-24(27)11-12-33-36/h5-13,15-17H,4,14H2,1-3H3. The molecule has 1 amide bonds. The van der Waals surface area contributed by atoms with E-state index in [2.05, 4.69) is 5.10 Å². The molecule has 5 aromatic rings. The second-order valence-electron chi connectivity index (χ2n) is 9.65. The van der Waals surface area contributed by atoms with Gasteiger partial charge in [-0.3, -0.25) is 19.0 Å². The van der Waals surface area contributed by atoms with E-state index in [1.54, 1.807) is 33.3 Å². The van der Waals surface area contributed by atoms with Crippen molar-refractivity contribution in [2.24, 2.45) is 0 Å². The van der Waals surface area contributed by atoms with Crippen molar-refractivity contribution in [3.05, 3.63) is 122 Å². The molecule has 214 valence electrons. The van der Waals surface area contributed by atoms with Crippen molar-refractivity contribution in [1.82, 2.24) is 23.6 Å². The number of ketones is 1. The highest BCUT2D eigenvalue weighted by atomic mass is 19.1. The fourth-order valence-electron chi connectivity index (χ4n) is 4.43. The van der Waals surface area contributed by atoms with Crippen LogP contribution in [0.4, 0.5) is 8.78 Å². The molecule has 0 atom stereocenters. The highest BCUT2D eigenvalue weighted by molar-refractivity contribution is 5.97. The smallest absolute Gasteiger partial charge is 0.335 e. The molecule has 0 bridgehead atoms. The minimum atomic E-state index is -0.862. The first-order valence-corrected chi connectivity index (χ1v) is 12.9.